The molecule has 2 aliphatic rings. The van der Waals surface area contributed by atoms with Gasteiger partial charge in [0.2, 0.25) is 0 Å². The Morgan fingerprint density at radius 1 is 1.09 bits per heavy atom. The van der Waals surface area contributed by atoms with Crippen LogP contribution in [0.4, 0.5) is 0 Å². The van der Waals surface area contributed by atoms with Crippen LogP contribution in [0.5, 0.6) is 0 Å². The lowest BCUT2D eigenvalue weighted by Crippen LogP contribution is -2.12. The van der Waals surface area contributed by atoms with E-state index >= 15 is 0 Å². The van der Waals surface area contributed by atoms with Crippen molar-refractivity contribution in [2.24, 2.45) is 0 Å². The summed E-state index contributed by atoms with van der Waals surface area (Å²) < 4.78 is 19.9. The van der Waals surface area contributed by atoms with Crippen LogP contribution in [-0.4, -0.2) is 46.3 Å². The number of epoxide rings is 2. The molecule has 11 heavy (non-hydrogen) atoms. The van der Waals surface area contributed by atoms with E-state index in [1.807, 2.05) is 0 Å². The second-order valence-electron chi connectivity index (χ2n) is 2.67. The highest BCUT2D eigenvalue weighted by Crippen LogP contribution is 2.09. The first kappa shape index (κ1) is 7.55. The minimum absolute atomic E-state index is 0.298. The van der Waals surface area contributed by atoms with Crippen LogP contribution < -0.4 is 0 Å². The molecule has 0 aliphatic carbocycles. The van der Waals surface area contributed by atoms with Gasteiger partial charge in [-0.15, -0.1) is 0 Å². The second kappa shape index (κ2) is 3.54. The van der Waals surface area contributed by atoms with Crippen molar-refractivity contribution in [2.75, 3.05) is 26.4 Å². The molecule has 5 heteroatoms. The molecule has 2 fully saturated rings. The van der Waals surface area contributed by atoms with E-state index in [0.717, 1.165) is 13.2 Å². The molecule has 0 bridgehead atoms. The van der Waals surface area contributed by atoms with Crippen molar-refractivity contribution >= 4 is 7.69 Å². The van der Waals surface area contributed by atoms with Crippen molar-refractivity contribution in [2.45, 2.75) is 12.2 Å². The zero-order valence-electron chi connectivity index (χ0n) is 6.19. The molecule has 2 atom stereocenters. The van der Waals surface area contributed by atoms with Crippen molar-refractivity contribution in [3.05, 3.63) is 0 Å². The minimum Gasteiger partial charge on any atom is -0.410 e. The molecule has 0 aromatic heterocycles. The predicted molar refractivity (Wildman–Crippen MR) is 37.1 cm³/mol. The van der Waals surface area contributed by atoms with Gasteiger partial charge >= 0.3 is 7.69 Å². The molecule has 0 aromatic rings. The van der Waals surface area contributed by atoms with E-state index in [4.69, 9.17) is 18.8 Å². The predicted octanol–water partition coefficient (Wildman–Crippen LogP) is -0.649. The van der Waals surface area contributed by atoms with Crippen molar-refractivity contribution in [1.29, 1.82) is 0 Å². The maximum absolute atomic E-state index is 5.01. The summed E-state index contributed by atoms with van der Waals surface area (Å²) in [4.78, 5) is 0. The Balaban J connectivity index is 1.35. The molecular weight excluding hydrogens is 147 g/mol. The maximum atomic E-state index is 5.01. The summed E-state index contributed by atoms with van der Waals surface area (Å²) in [6, 6.07) is 0. The van der Waals surface area contributed by atoms with E-state index in [2.05, 4.69) is 0 Å². The first-order valence-corrected chi connectivity index (χ1v) is 3.73. The molecule has 2 saturated heterocycles. The summed E-state index contributed by atoms with van der Waals surface area (Å²) in [5.41, 5.74) is 0. The van der Waals surface area contributed by atoms with Gasteiger partial charge in [0.05, 0.1) is 26.4 Å². The smallest absolute Gasteiger partial charge is 0.410 e. The molecule has 1 radical (unpaired) electrons. The first-order valence-electron chi connectivity index (χ1n) is 3.73. The van der Waals surface area contributed by atoms with Gasteiger partial charge in [-0.1, -0.05) is 0 Å². The molecule has 2 aliphatic heterocycles. The highest BCUT2D eigenvalue weighted by Gasteiger charge is 2.24. The summed E-state index contributed by atoms with van der Waals surface area (Å²) >= 11 is 0. The Hall–Kier alpha value is -0.0951. The number of rotatable bonds is 6. The molecule has 0 aromatic carbocycles. The summed E-state index contributed by atoms with van der Waals surface area (Å²) in [5, 5.41) is 0. The molecule has 0 saturated carbocycles. The Kier molecular flexibility index (Phi) is 2.43. The lowest BCUT2D eigenvalue weighted by Gasteiger charge is -1.98. The lowest BCUT2D eigenvalue weighted by molar-refractivity contribution is 0.189. The fourth-order valence-corrected chi connectivity index (χ4v) is 0.670. The van der Waals surface area contributed by atoms with E-state index in [1.165, 1.54) is 7.69 Å². The van der Waals surface area contributed by atoms with Crippen LogP contribution in [-0.2, 0) is 18.8 Å². The van der Waals surface area contributed by atoms with Gasteiger partial charge in [0, 0.05) is 0 Å². The summed E-state index contributed by atoms with van der Waals surface area (Å²) in [6.45, 7) is 2.84. The lowest BCUT2D eigenvalue weighted by atomic mass is 10.3. The molecule has 0 spiro atoms. The Morgan fingerprint density at radius 3 is 1.91 bits per heavy atom. The number of hydrogen-bond donors (Lipinski definition) is 0. The van der Waals surface area contributed by atoms with Gasteiger partial charge in [0.1, 0.15) is 12.2 Å². The number of hydrogen-bond acceptors (Lipinski definition) is 4. The highest BCUT2D eigenvalue weighted by atomic mass is 16.6. The van der Waals surface area contributed by atoms with Crippen LogP contribution in [0.15, 0.2) is 0 Å². The van der Waals surface area contributed by atoms with Gasteiger partial charge in [-0.25, -0.2) is 0 Å². The third-order valence-electron chi connectivity index (χ3n) is 1.51. The summed E-state index contributed by atoms with van der Waals surface area (Å²) in [6.07, 6.45) is 0.596. The van der Waals surface area contributed by atoms with E-state index in [1.54, 1.807) is 0 Å². The summed E-state index contributed by atoms with van der Waals surface area (Å²) in [7, 11) is 1.36. The van der Waals surface area contributed by atoms with E-state index in [9.17, 15) is 0 Å². The average Bonchev–Trinajstić information content (AvgIpc) is 2.83. The Bertz CT molecular complexity index is 110. The van der Waals surface area contributed by atoms with E-state index in [0.29, 0.717) is 25.4 Å². The van der Waals surface area contributed by atoms with Crippen molar-refractivity contribution in [1.82, 2.24) is 0 Å². The minimum atomic E-state index is 0.298. The van der Waals surface area contributed by atoms with E-state index in [-0.39, 0.29) is 0 Å². The molecule has 4 nitrogen and oxygen atoms in total. The number of ether oxygens (including phenoxy) is 2. The van der Waals surface area contributed by atoms with Gasteiger partial charge in [-0.3, -0.25) is 0 Å². The van der Waals surface area contributed by atoms with Gasteiger partial charge in [0.25, 0.3) is 0 Å². The van der Waals surface area contributed by atoms with Crippen molar-refractivity contribution in [3.8, 4) is 0 Å². The average molecular weight is 157 g/mol. The van der Waals surface area contributed by atoms with Gasteiger partial charge < -0.3 is 18.8 Å². The summed E-state index contributed by atoms with van der Waals surface area (Å²) in [5.74, 6) is 0. The molecule has 2 unspecified atom stereocenters. The zero-order chi connectivity index (χ0) is 7.52. The van der Waals surface area contributed by atoms with Crippen LogP contribution in [0.25, 0.3) is 0 Å². The molecule has 61 valence electrons. The topological polar surface area (TPSA) is 43.5 Å². The monoisotopic (exact) mass is 157 g/mol. The largest absolute Gasteiger partial charge is 0.488 e. The molecule has 2 heterocycles. The van der Waals surface area contributed by atoms with Crippen LogP contribution in [0.1, 0.15) is 0 Å². The fourth-order valence-electron chi connectivity index (χ4n) is 0.670. The highest BCUT2D eigenvalue weighted by molar-refractivity contribution is 6.17. The third-order valence-corrected chi connectivity index (χ3v) is 1.51. The zero-order valence-corrected chi connectivity index (χ0v) is 6.19. The molecule has 2 rings (SSSR count). The SMILES string of the molecule is [B](OCC1CO1)OCC1CO1. The first-order chi connectivity index (χ1) is 5.45. The van der Waals surface area contributed by atoms with Gasteiger partial charge in [-0.05, 0) is 0 Å². The maximum Gasteiger partial charge on any atom is 0.488 e. The quantitative estimate of drug-likeness (QED) is 0.292. The molecule has 0 N–H and O–H groups in total. The molecular formula is C6H10BO4. The van der Waals surface area contributed by atoms with Crippen LogP contribution >= 0.6 is 0 Å². The standard InChI is InChI=1S/C6H10BO4/c1-5(8-1)3-10-7-11-4-6-2-9-6/h5-6H,1-4H2. The molecule has 0 amide bonds. The van der Waals surface area contributed by atoms with Gasteiger partial charge in [0.15, 0.2) is 0 Å². The fraction of sp³-hybridized carbons (Fsp3) is 1.00. The normalized spacial score (nSPS) is 33.5. The Labute approximate surface area is 66.1 Å². The third kappa shape index (κ3) is 3.20. The van der Waals surface area contributed by atoms with Crippen LogP contribution in [0.2, 0.25) is 0 Å². The van der Waals surface area contributed by atoms with Crippen molar-refractivity contribution in [3.63, 3.8) is 0 Å². The van der Waals surface area contributed by atoms with Gasteiger partial charge in [-0.2, -0.15) is 0 Å². The van der Waals surface area contributed by atoms with Crippen LogP contribution in [0, 0.1) is 0 Å². The van der Waals surface area contributed by atoms with E-state index < -0.39 is 0 Å². The second-order valence-corrected chi connectivity index (χ2v) is 2.67. The van der Waals surface area contributed by atoms with Crippen LogP contribution in [0.3, 0.4) is 0 Å². The van der Waals surface area contributed by atoms with Crippen molar-refractivity contribution < 1.29 is 18.8 Å². The Morgan fingerprint density at radius 2 is 1.55 bits per heavy atom.